The van der Waals surface area contributed by atoms with Crippen LogP contribution in [-0.2, 0) is 26.0 Å². The zero-order valence-electron chi connectivity index (χ0n) is 14.0. The van der Waals surface area contributed by atoms with Crippen molar-refractivity contribution in [2.75, 3.05) is 20.2 Å². The van der Waals surface area contributed by atoms with Crippen molar-refractivity contribution in [2.24, 2.45) is 0 Å². The Morgan fingerprint density at radius 1 is 1.22 bits per heavy atom. The molecule has 23 heavy (non-hydrogen) atoms. The lowest BCUT2D eigenvalue weighted by atomic mass is 10.1. The van der Waals surface area contributed by atoms with Crippen LogP contribution in [0.15, 0.2) is 29.2 Å². The third-order valence-electron chi connectivity index (χ3n) is 3.24. The number of hydrogen-bond donors (Lipinski definition) is 2. The molecule has 0 saturated carbocycles. The number of carbonyl (C=O) groups excluding carboxylic acids is 1. The third-order valence-corrected chi connectivity index (χ3v) is 4.67. The highest BCUT2D eigenvalue weighted by Gasteiger charge is 2.10. The summed E-state index contributed by atoms with van der Waals surface area (Å²) in [5, 5.41) is 2.85. The molecule has 130 valence electrons. The minimum atomic E-state index is -3.41. The lowest BCUT2D eigenvalue weighted by Gasteiger charge is -2.08. The number of rotatable bonds is 10. The second-order valence-electron chi connectivity index (χ2n) is 5.47. The average molecular weight is 342 g/mol. The summed E-state index contributed by atoms with van der Waals surface area (Å²) in [6.07, 6.45) is 1.96. The van der Waals surface area contributed by atoms with Crippen molar-refractivity contribution in [1.29, 1.82) is 0 Å². The largest absolute Gasteiger partial charge is 0.379 e. The van der Waals surface area contributed by atoms with Crippen molar-refractivity contribution in [3.63, 3.8) is 0 Å². The van der Waals surface area contributed by atoms with Gasteiger partial charge in [-0.1, -0.05) is 12.1 Å². The van der Waals surface area contributed by atoms with E-state index in [0.717, 1.165) is 12.0 Å². The maximum Gasteiger partial charge on any atom is 0.240 e. The molecule has 0 radical (unpaired) electrons. The van der Waals surface area contributed by atoms with E-state index in [0.29, 0.717) is 26.0 Å². The van der Waals surface area contributed by atoms with Crippen molar-refractivity contribution in [3.8, 4) is 0 Å². The average Bonchev–Trinajstić information content (AvgIpc) is 2.52. The van der Waals surface area contributed by atoms with Gasteiger partial charge in [0.25, 0.3) is 0 Å². The summed E-state index contributed by atoms with van der Waals surface area (Å²) < 4.78 is 30.9. The van der Waals surface area contributed by atoms with E-state index in [4.69, 9.17) is 4.74 Å². The third kappa shape index (κ3) is 7.58. The molecular formula is C16H26N2O4S. The number of ether oxygens (including phenoxy) is 1. The van der Waals surface area contributed by atoms with Gasteiger partial charge in [0.15, 0.2) is 0 Å². The summed E-state index contributed by atoms with van der Waals surface area (Å²) in [6.45, 7) is 5.20. The fourth-order valence-electron chi connectivity index (χ4n) is 1.92. The molecule has 0 saturated heterocycles. The fourth-order valence-corrected chi connectivity index (χ4v) is 2.65. The molecule has 0 spiro atoms. The van der Waals surface area contributed by atoms with Gasteiger partial charge in [0.1, 0.15) is 0 Å². The maximum absolute atomic E-state index is 11.7. The van der Waals surface area contributed by atoms with Gasteiger partial charge in [-0.2, -0.15) is 0 Å². The maximum atomic E-state index is 11.7. The van der Waals surface area contributed by atoms with Crippen LogP contribution in [-0.4, -0.2) is 40.6 Å². The van der Waals surface area contributed by atoms with Gasteiger partial charge in [0.2, 0.25) is 15.9 Å². The van der Waals surface area contributed by atoms with Gasteiger partial charge in [-0.25, -0.2) is 13.1 Å². The van der Waals surface area contributed by atoms with Crippen LogP contribution < -0.4 is 10.0 Å². The van der Waals surface area contributed by atoms with E-state index in [1.807, 2.05) is 13.8 Å². The van der Waals surface area contributed by atoms with Crippen molar-refractivity contribution < 1.29 is 17.9 Å². The van der Waals surface area contributed by atoms with E-state index in [1.54, 1.807) is 24.3 Å². The van der Waals surface area contributed by atoms with Crippen LogP contribution in [0.5, 0.6) is 0 Å². The van der Waals surface area contributed by atoms with Crippen molar-refractivity contribution in [3.05, 3.63) is 29.8 Å². The zero-order chi connectivity index (χ0) is 17.3. The number of carbonyl (C=O) groups is 1. The number of hydrogen-bond acceptors (Lipinski definition) is 4. The number of amides is 1. The first-order chi connectivity index (χ1) is 10.8. The molecule has 0 unspecified atom stereocenters. The lowest BCUT2D eigenvalue weighted by molar-refractivity contribution is -0.121. The van der Waals surface area contributed by atoms with Crippen LogP contribution in [0.2, 0.25) is 0 Å². The van der Waals surface area contributed by atoms with Gasteiger partial charge < -0.3 is 10.1 Å². The molecule has 0 aliphatic carbocycles. The summed E-state index contributed by atoms with van der Waals surface area (Å²) >= 11 is 0. The number of sulfonamides is 1. The van der Waals surface area contributed by atoms with E-state index in [2.05, 4.69) is 10.0 Å². The Morgan fingerprint density at radius 2 is 1.87 bits per heavy atom. The summed E-state index contributed by atoms with van der Waals surface area (Å²) in [5.74, 6) is -0.0125. The Balaban J connectivity index is 2.31. The minimum absolute atomic E-state index is 0.0125. The van der Waals surface area contributed by atoms with Crippen LogP contribution in [0, 0.1) is 0 Å². The molecule has 0 aliphatic rings. The van der Waals surface area contributed by atoms with Crippen LogP contribution in [0.25, 0.3) is 0 Å². The minimum Gasteiger partial charge on any atom is -0.379 e. The number of nitrogens with one attached hydrogen (secondary N) is 2. The molecule has 1 aromatic rings. The fraction of sp³-hybridized carbons (Fsp3) is 0.562. The first-order valence-electron chi connectivity index (χ1n) is 7.76. The number of benzene rings is 1. The quantitative estimate of drug-likeness (QED) is 0.631. The van der Waals surface area contributed by atoms with Gasteiger partial charge in [0.05, 0.1) is 11.0 Å². The second-order valence-corrected chi connectivity index (χ2v) is 7.36. The Morgan fingerprint density at radius 3 is 2.43 bits per heavy atom. The standard InChI is InChI=1S/C16H26N2O4S/c1-13(2)22-12-4-11-18-16(19)10-7-14-5-8-15(9-6-14)23(20,21)17-3/h5-6,8-9,13,17H,4,7,10-12H2,1-3H3,(H,18,19). The first kappa shape index (κ1) is 19.6. The molecule has 0 atom stereocenters. The first-order valence-corrected chi connectivity index (χ1v) is 9.24. The van der Waals surface area contributed by atoms with E-state index in [1.165, 1.54) is 7.05 Å². The summed E-state index contributed by atoms with van der Waals surface area (Å²) in [6, 6.07) is 6.55. The van der Waals surface area contributed by atoms with Crippen molar-refractivity contribution >= 4 is 15.9 Å². The van der Waals surface area contributed by atoms with Gasteiger partial charge in [-0.3, -0.25) is 4.79 Å². The highest BCUT2D eigenvalue weighted by molar-refractivity contribution is 7.89. The van der Waals surface area contributed by atoms with Gasteiger partial charge in [-0.15, -0.1) is 0 Å². The topological polar surface area (TPSA) is 84.5 Å². The van der Waals surface area contributed by atoms with E-state index < -0.39 is 10.0 Å². The monoisotopic (exact) mass is 342 g/mol. The second kappa shape index (κ2) is 9.64. The molecule has 0 aromatic heterocycles. The molecular weight excluding hydrogens is 316 g/mol. The molecule has 7 heteroatoms. The van der Waals surface area contributed by atoms with Gasteiger partial charge in [-0.05, 0) is 51.4 Å². The summed E-state index contributed by atoms with van der Waals surface area (Å²) in [7, 11) is -2.04. The Bertz CT molecular complexity index is 583. The predicted molar refractivity (Wildman–Crippen MR) is 89.7 cm³/mol. The van der Waals surface area contributed by atoms with Crippen LogP contribution >= 0.6 is 0 Å². The lowest BCUT2D eigenvalue weighted by Crippen LogP contribution is -2.25. The molecule has 0 bridgehead atoms. The predicted octanol–water partition coefficient (Wildman–Crippen LogP) is 1.46. The molecule has 1 amide bonds. The highest BCUT2D eigenvalue weighted by atomic mass is 32.2. The van der Waals surface area contributed by atoms with Crippen LogP contribution in [0.3, 0.4) is 0 Å². The molecule has 1 rings (SSSR count). The summed E-state index contributed by atoms with van der Waals surface area (Å²) in [5.41, 5.74) is 0.929. The number of aryl methyl sites for hydroxylation is 1. The van der Waals surface area contributed by atoms with Crippen molar-refractivity contribution in [2.45, 2.75) is 44.1 Å². The van der Waals surface area contributed by atoms with E-state index >= 15 is 0 Å². The smallest absolute Gasteiger partial charge is 0.240 e. The molecule has 6 nitrogen and oxygen atoms in total. The summed E-state index contributed by atoms with van der Waals surface area (Å²) in [4.78, 5) is 11.9. The molecule has 1 aromatic carbocycles. The molecule has 2 N–H and O–H groups in total. The molecule has 0 aliphatic heterocycles. The highest BCUT2D eigenvalue weighted by Crippen LogP contribution is 2.11. The SMILES string of the molecule is CNS(=O)(=O)c1ccc(CCC(=O)NCCCOC(C)C)cc1. The van der Waals surface area contributed by atoms with Gasteiger partial charge >= 0.3 is 0 Å². The molecule has 0 fully saturated rings. The van der Waals surface area contributed by atoms with Crippen molar-refractivity contribution in [1.82, 2.24) is 10.0 Å². The Hall–Kier alpha value is -1.44. The Labute approximate surface area is 138 Å². The molecule has 0 heterocycles. The van der Waals surface area contributed by atoms with Crippen LogP contribution in [0.1, 0.15) is 32.3 Å². The Kier molecular flexibility index (Phi) is 8.22. The van der Waals surface area contributed by atoms with E-state index in [-0.39, 0.29) is 16.9 Å². The van der Waals surface area contributed by atoms with Crippen LogP contribution in [0.4, 0.5) is 0 Å². The van der Waals surface area contributed by atoms with E-state index in [9.17, 15) is 13.2 Å². The van der Waals surface area contributed by atoms with Gasteiger partial charge in [0, 0.05) is 19.6 Å². The zero-order valence-corrected chi connectivity index (χ0v) is 14.8. The normalized spacial score (nSPS) is 11.7.